The Labute approximate surface area is 163 Å². The number of ether oxygens (including phenoxy) is 1. The van der Waals surface area contributed by atoms with Crippen LogP contribution in [0.1, 0.15) is 5.76 Å². The van der Waals surface area contributed by atoms with Gasteiger partial charge in [-0.05, 0) is 24.3 Å². The van der Waals surface area contributed by atoms with E-state index in [0.717, 1.165) is 0 Å². The van der Waals surface area contributed by atoms with Crippen molar-refractivity contribution in [1.29, 1.82) is 0 Å². The second-order valence-electron chi connectivity index (χ2n) is 6.39. The maximum atomic E-state index is 13.1. The maximum Gasteiger partial charge on any atom is 0.265 e. The number of rotatable bonds is 5. The number of fused-ring (bicyclic) bond motifs is 4. The van der Waals surface area contributed by atoms with Crippen LogP contribution in [0.3, 0.4) is 0 Å². The molecule has 0 spiro atoms. The molecule has 0 amide bonds. The SMILES string of the molecule is COCCn1cnc2c(c1=O)c1nc3ccccc3nc1n2N=Cc1ccco1. The Balaban J connectivity index is 1.84. The third-order valence-corrected chi connectivity index (χ3v) is 4.59. The van der Waals surface area contributed by atoms with E-state index in [1.165, 1.54) is 15.6 Å². The largest absolute Gasteiger partial charge is 0.463 e. The Bertz CT molecular complexity index is 1420. The molecule has 144 valence electrons. The van der Waals surface area contributed by atoms with E-state index < -0.39 is 0 Å². The molecule has 0 saturated carbocycles. The quantitative estimate of drug-likeness (QED) is 0.429. The van der Waals surface area contributed by atoms with E-state index in [1.54, 1.807) is 31.7 Å². The minimum absolute atomic E-state index is 0.214. The molecule has 0 N–H and O–H groups in total. The lowest BCUT2D eigenvalue weighted by atomic mass is 10.3. The van der Waals surface area contributed by atoms with Crippen molar-refractivity contribution < 1.29 is 9.15 Å². The van der Waals surface area contributed by atoms with Gasteiger partial charge in [0.25, 0.3) is 5.56 Å². The predicted octanol–water partition coefficient (Wildman–Crippen LogP) is 2.42. The monoisotopic (exact) mass is 388 g/mol. The number of nitrogens with zero attached hydrogens (tertiary/aromatic N) is 6. The molecular formula is C20H16N6O3. The summed E-state index contributed by atoms with van der Waals surface area (Å²) in [5.74, 6) is 0.571. The van der Waals surface area contributed by atoms with Crippen LogP contribution in [0, 0.1) is 0 Å². The molecule has 4 aromatic heterocycles. The molecule has 29 heavy (non-hydrogen) atoms. The molecule has 0 saturated heterocycles. The second-order valence-corrected chi connectivity index (χ2v) is 6.39. The van der Waals surface area contributed by atoms with Crippen molar-refractivity contribution in [3.8, 4) is 0 Å². The first-order chi connectivity index (χ1) is 14.3. The van der Waals surface area contributed by atoms with Crippen molar-refractivity contribution in [2.24, 2.45) is 5.10 Å². The van der Waals surface area contributed by atoms with Crippen LogP contribution in [-0.2, 0) is 11.3 Å². The molecule has 5 aromatic rings. The number of benzene rings is 1. The summed E-state index contributed by atoms with van der Waals surface area (Å²) < 4.78 is 13.4. The molecule has 9 heteroatoms. The third-order valence-electron chi connectivity index (χ3n) is 4.59. The van der Waals surface area contributed by atoms with Crippen LogP contribution in [0.2, 0.25) is 0 Å². The lowest BCUT2D eigenvalue weighted by Crippen LogP contribution is -2.22. The van der Waals surface area contributed by atoms with Crippen LogP contribution < -0.4 is 5.56 Å². The average molecular weight is 388 g/mol. The molecule has 1 aromatic carbocycles. The Kier molecular flexibility index (Phi) is 4.14. The zero-order chi connectivity index (χ0) is 19.8. The smallest absolute Gasteiger partial charge is 0.265 e. The molecule has 0 fully saturated rings. The first-order valence-electron chi connectivity index (χ1n) is 8.99. The number of hydrogen-bond acceptors (Lipinski definition) is 7. The molecule has 0 radical (unpaired) electrons. The van der Waals surface area contributed by atoms with E-state index in [1.807, 2.05) is 24.3 Å². The van der Waals surface area contributed by atoms with Gasteiger partial charge in [0, 0.05) is 7.11 Å². The Hall–Kier alpha value is -3.85. The predicted molar refractivity (Wildman–Crippen MR) is 108 cm³/mol. The van der Waals surface area contributed by atoms with Crippen LogP contribution in [0.4, 0.5) is 0 Å². The van der Waals surface area contributed by atoms with Crippen molar-refractivity contribution in [3.05, 3.63) is 65.1 Å². The maximum absolute atomic E-state index is 13.1. The molecule has 0 aliphatic rings. The Morgan fingerprint density at radius 2 is 1.97 bits per heavy atom. The first-order valence-corrected chi connectivity index (χ1v) is 8.99. The van der Waals surface area contributed by atoms with Gasteiger partial charge in [-0.2, -0.15) is 9.78 Å². The van der Waals surface area contributed by atoms with Gasteiger partial charge >= 0.3 is 0 Å². The molecule has 4 heterocycles. The fourth-order valence-electron chi connectivity index (χ4n) is 3.19. The summed E-state index contributed by atoms with van der Waals surface area (Å²) in [5.41, 5.74) is 2.48. The highest BCUT2D eigenvalue weighted by Gasteiger charge is 2.19. The third kappa shape index (κ3) is 2.88. The average Bonchev–Trinajstić information content (AvgIpc) is 3.36. The van der Waals surface area contributed by atoms with Gasteiger partial charge < -0.3 is 9.15 Å². The molecule has 9 nitrogen and oxygen atoms in total. The summed E-state index contributed by atoms with van der Waals surface area (Å²) in [5, 5.41) is 4.83. The van der Waals surface area contributed by atoms with Crippen LogP contribution in [0.15, 0.2) is 63.3 Å². The first kappa shape index (κ1) is 17.3. The summed E-state index contributed by atoms with van der Waals surface area (Å²) in [6.45, 7) is 0.790. The Morgan fingerprint density at radius 3 is 2.72 bits per heavy atom. The number of methoxy groups -OCH3 is 1. The number of aromatic nitrogens is 5. The lowest BCUT2D eigenvalue weighted by Gasteiger charge is -2.04. The van der Waals surface area contributed by atoms with Gasteiger partial charge in [-0.15, -0.1) is 0 Å². The summed E-state index contributed by atoms with van der Waals surface area (Å²) in [6, 6.07) is 11.0. The van der Waals surface area contributed by atoms with Crippen LogP contribution in [0.5, 0.6) is 0 Å². The van der Waals surface area contributed by atoms with E-state index in [2.05, 4.69) is 15.1 Å². The molecule has 0 aliphatic heterocycles. The molecule has 0 aliphatic carbocycles. The highest BCUT2D eigenvalue weighted by atomic mass is 16.5. The van der Waals surface area contributed by atoms with Gasteiger partial charge in [-0.1, -0.05) is 12.1 Å². The molecular weight excluding hydrogens is 372 g/mol. The van der Waals surface area contributed by atoms with Gasteiger partial charge in [0.2, 0.25) is 0 Å². The number of hydrogen-bond donors (Lipinski definition) is 0. The molecule has 0 unspecified atom stereocenters. The fourth-order valence-corrected chi connectivity index (χ4v) is 3.19. The summed E-state index contributed by atoms with van der Waals surface area (Å²) in [6.07, 6.45) is 4.60. The molecule has 0 atom stereocenters. The van der Waals surface area contributed by atoms with Crippen LogP contribution in [-0.4, -0.2) is 44.1 Å². The van der Waals surface area contributed by atoms with Gasteiger partial charge in [0.15, 0.2) is 11.3 Å². The normalized spacial score (nSPS) is 12.0. The highest BCUT2D eigenvalue weighted by Crippen LogP contribution is 2.24. The van der Waals surface area contributed by atoms with E-state index in [0.29, 0.717) is 52.1 Å². The number of para-hydroxylation sites is 2. The van der Waals surface area contributed by atoms with Gasteiger partial charge in [0.05, 0.1) is 36.7 Å². The Morgan fingerprint density at radius 1 is 1.14 bits per heavy atom. The fraction of sp³-hybridized carbons (Fsp3) is 0.150. The van der Waals surface area contributed by atoms with Crippen molar-refractivity contribution in [2.75, 3.05) is 13.7 Å². The lowest BCUT2D eigenvalue weighted by molar-refractivity contribution is 0.186. The van der Waals surface area contributed by atoms with Gasteiger partial charge in [-0.25, -0.2) is 15.0 Å². The standard InChI is InChI=1S/C20H16N6O3/c1-28-10-8-25-12-21-18-16(20(25)27)17-19(24-15-7-3-2-6-14(15)23-17)26(18)22-11-13-5-4-9-29-13/h2-7,9,11-12H,8,10H2,1H3. The zero-order valence-electron chi connectivity index (χ0n) is 15.5. The van der Waals surface area contributed by atoms with Crippen LogP contribution in [0.25, 0.3) is 33.2 Å². The van der Waals surface area contributed by atoms with Gasteiger partial charge in [-0.3, -0.25) is 9.36 Å². The topological polar surface area (TPSA) is 100 Å². The van der Waals surface area contributed by atoms with E-state index in [4.69, 9.17) is 14.1 Å². The minimum atomic E-state index is -0.214. The summed E-state index contributed by atoms with van der Waals surface area (Å²) in [7, 11) is 1.59. The van der Waals surface area contributed by atoms with Crippen molar-refractivity contribution in [3.63, 3.8) is 0 Å². The van der Waals surface area contributed by atoms with E-state index in [-0.39, 0.29) is 5.56 Å². The number of furan rings is 1. The van der Waals surface area contributed by atoms with E-state index >= 15 is 0 Å². The summed E-state index contributed by atoms with van der Waals surface area (Å²) >= 11 is 0. The van der Waals surface area contributed by atoms with E-state index in [9.17, 15) is 4.79 Å². The van der Waals surface area contributed by atoms with Crippen LogP contribution >= 0.6 is 0 Å². The van der Waals surface area contributed by atoms with Crippen molar-refractivity contribution >= 4 is 39.4 Å². The zero-order valence-corrected chi connectivity index (χ0v) is 15.5. The highest BCUT2D eigenvalue weighted by molar-refractivity contribution is 6.04. The van der Waals surface area contributed by atoms with Crippen molar-refractivity contribution in [1.82, 2.24) is 24.2 Å². The molecule has 0 bridgehead atoms. The van der Waals surface area contributed by atoms with Gasteiger partial charge in [0.1, 0.15) is 23.0 Å². The van der Waals surface area contributed by atoms with Crippen molar-refractivity contribution in [2.45, 2.75) is 6.54 Å². The summed E-state index contributed by atoms with van der Waals surface area (Å²) in [4.78, 5) is 27.0. The second kappa shape index (κ2) is 6.95. The minimum Gasteiger partial charge on any atom is -0.463 e. The molecule has 5 rings (SSSR count).